The first kappa shape index (κ1) is 13.7. The molecule has 1 aromatic rings. The summed E-state index contributed by atoms with van der Waals surface area (Å²) in [4.78, 5) is 11.1. The van der Waals surface area contributed by atoms with Crippen LogP contribution in [0, 0.1) is 13.8 Å². The highest BCUT2D eigenvalue weighted by Crippen LogP contribution is 2.16. The van der Waals surface area contributed by atoms with Gasteiger partial charge in [0.2, 0.25) is 0 Å². The fourth-order valence-electron chi connectivity index (χ4n) is 1.83. The van der Waals surface area contributed by atoms with Gasteiger partial charge in [-0.05, 0) is 37.0 Å². The molecule has 0 saturated heterocycles. The summed E-state index contributed by atoms with van der Waals surface area (Å²) < 4.78 is 5.37. The molecule has 0 spiro atoms. The van der Waals surface area contributed by atoms with Gasteiger partial charge in [-0.3, -0.25) is 0 Å². The SMILES string of the molecule is CCCO[C@H](Cc1c(C)cccc1C)C(=O)O. The van der Waals surface area contributed by atoms with Gasteiger partial charge >= 0.3 is 5.97 Å². The maximum atomic E-state index is 11.1. The lowest BCUT2D eigenvalue weighted by molar-refractivity contribution is -0.150. The number of aliphatic carboxylic acids is 1. The Hall–Kier alpha value is -1.35. The van der Waals surface area contributed by atoms with Gasteiger partial charge in [0.05, 0.1) is 0 Å². The van der Waals surface area contributed by atoms with Crippen LogP contribution in [-0.2, 0) is 16.0 Å². The standard InChI is InChI=1S/C14H20O3/c1-4-8-17-13(14(15)16)9-12-10(2)6-5-7-11(12)3/h5-7,13H,4,8-9H2,1-3H3,(H,15,16)/t13-/m1/s1. The molecule has 3 heteroatoms. The molecule has 1 N–H and O–H groups in total. The van der Waals surface area contributed by atoms with Crippen LogP contribution < -0.4 is 0 Å². The van der Waals surface area contributed by atoms with Gasteiger partial charge in [-0.25, -0.2) is 4.79 Å². The third-order valence-electron chi connectivity index (χ3n) is 2.83. The van der Waals surface area contributed by atoms with Gasteiger partial charge in [-0.15, -0.1) is 0 Å². The predicted octanol–water partition coefficient (Wildman–Crippen LogP) is 2.73. The van der Waals surface area contributed by atoms with Crippen LogP contribution in [0.15, 0.2) is 18.2 Å². The van der Waals surface area contributed by atoms with Crippen molar-refractivity contribution in [2.24, 2.45) is 0 Å². The van der Waals surface area contributed by atoms with Crippen molar-refractivity contribution in [2.45, 2.75) is 39.7 Å². The van der Waals surface area contributed by atoms with E-state index in [1.165, 1.54) is 0 Å². The highest BCUT2D eigenvalue weighted by atomic mass is 16.5. The lowest BCUT2D eigenvalue weighted by atomic mass is 9.97. The van der Waals surface area contributed by atoms with Crippen LogP contribution in [0.3, 0.4) is 0 Å². The molecule has 1 aromatic carbocycles. The van der Waals surface area contributed by atoms with Crippen LogP contribution in [0.25, 0.3) is 0 Å². The monoisotopic (exact) mass is 236 g/mol. The van der Waals surface area contributed by atoms with Gasteiger partial charge < -0.3 is 9.84 Å². The van der Waals surface area contributed by atoms with Crippen molar-refractivity contribution in [1.29, 1.82) is 0 Å². The molecule has 0 aliphatic heterocycles. The second-order valence-electron chi connectivity index (χ2n) is 4.27. The summed E-state index contributed by atoms with van der Waals surface area (Å²) in [5.41, 5.74) is 3.32. The molecule has 1 rings (SSSR count). The lowest BCUT2D eigenvalue weighted by Gasteiger charge is -2.16. The Morgan fingerprint density at radius 1 is 1.35 bits per heavy atom. The number of benzene rings is 1. The van der Waals surface area contributed by atoms with E-state index < -0.39 is 12.1 Å². The molecular formula is C14H20O3. The second kappa shape index (κ2) is 6.40. The van der Waals surface area contributed by atoms with E-state index in [-0.39, 0.29) is 0 Å². The average Bonchev–Trinajstić information content (AvgIpc) is 2.27. The molecule has 0 unspecified atom stereocenters. The minimum Gasteiger partial charge on any atom is -0.479 e. The Bertz CT molecular complexity index is 365. The van der Waals surface area contributed by atoms with Crippen molar-refractivity contribution in [1.82, 2.24) is 0 Å². The van der Waals surface area contributed by atoms with Gasteiger partial charge in [0.25, 0.3) is 0 Å². The molecule has 17 heavy (non-hydrogen) atoms. The molecule has 0 amide bonds. The molecule has 0 aliphatic rings. The van der Waals surface area contributed by atoms with Crippen molar-refractivity contribution >= 4 is 5.97 Å². The molecule has 0 fully saturated rings. The number of carbonyl (C=O) groups is 1. The van der Waals surface area contributed by atoms with Gasteiger partial charge in [0, 0.05) is 13.0 Å². The predicted molar refractivity (Wildman–Crippen MR) is 67.3 cm³/mol. The van der Waals surface area contributed by atoms with Crippen molar-refractivity contribution < 1.29 is 14.6 Å². The summed E-state index contributed by atoms with van der Waals surface area (Å²) in [6, 6.07) is 5.99. The lowest BCUT2D eigenvalue weighted by Crippen LogP contribution is -2.27. The Labute approximate surface area is 102 Å². The van der Waals surface area contributed by atoms with E-state index in [1.54, 1.807) is 0 Å². The van der Waals surface area contributed by atoms with Crippen LogP contribution >= 0.6 is 0 Å². The van der Waals surface area contributed by atoms with Gasteiger partial charge in [-0.2, -0.15) is 0 Å². The second-order valence-corrected chi connectivity index (χ2v) is 4.27. The van der Waals surface area contributed by atoms with E-state index in [9.17, 15) is 4.79 Å². The van der Waals surface area contributed by atoms with Gasteiger partial charge in [0.1, 0.15) is 0 Å². The Kier molecular flexibility index (Phi) is 5.16. The van der Waals surface area contributed by atoms with Crippen molar-refractivity contribution in [3.05, 3.63) is 34.9 Å². The summed E-state index contributed by atoms with van der Waals surface area (Å²) in [7, 11) is 0. The zero-order chi connectivity index (χ0) is 12.8. The molecule has 0 aliphatic carbocycles. The van der Waals surface area contributed by atoms with Crippen molar-refractivity contribution in [3.8, 4) is 0 Å². The van der Waals surface area contributed by atoms with E-state index in [4.69, 9.17) is 9.84 Å². The largest absolute Gasteiger partial charge is 0.479 e. The van der Waals surface area contributed by atoms with E-state index in [2.05, 4.69) is 0 Å². The van der Waals surface area contributed by atoms with Crippen molar-refractivity contribution in [2.75, 3.05) is 6.61 Å². The first-order valence-electron chi connectivity index (χ1n) is 5.95. The molecule has 3 nitrogen and oxygen atoms in total. The molecular weight excluding hydrogens is 216 g/mol. The molecule has 0 heterocycles. The molecule has 0 saturated carbocycles. The van der Waals surface area contributed by atoms with Crippen LogP contribution in [0.5, 0.6) is 0 Å². The maximum absolute atomic E-state index is 11.1. The smallest absolute Gasteiger partial charge is 0.333 e. The number of aryl methyl sites for hydroxylation is 2. The van der Waals surface area contributed by atoms with Gasteiger partial charge in [-0.1, -0.05) is 25.1 Å². The summed E-state index contributed by atoms with van der Waals surface area (Å²) in [6.45, 7) is 6.46. The zero-order valence-electron chi connectivity index (χ0n) is 10.7. The first-order valence-corrected chi connectivity index (χ1v) is 5.95. The van der Waals surface area contributed by atoms with E-state index >= 15 is 0 Å². The van der Waals surface area contributed by atoms with Crippen LogP contribution in [-0.4, -0.2) is 23.8 Å². The molecule has 94 valence electrons. The van der Waals surface area contributed by atoms with Gasteiger partial charge in [0.15, 0.2) is 6.10 Å². The minimum atomic E-state index is -0.888. The Morgan fingerprint density at radius 3 is 2.41 bits per heavy atom. The molecule has 0 radical (unpaired) electrons. The number of carboxylic acid groups (broad SMARTS) is 1. The minimum absolute atomic E-state index is 0.438. The number of ether oxygens (including phenoxy) is 1. The van der Waals surface area contributed by atoms with E-state index in [0.717, 1.165) is 23.1 Å². The van der Waals surface area contributed by atoms with Crippen LogP contribution in [0.4, 0.5) is 0 Å². The third-order valence-corrected chi connectivity index (χ3v) is 2.83. The third kappa shape index (κ3) is 3.86. The maximum Gasteiger partial charge on any atom is 0.333 e. The summed E-state index contributed by atoms with van der Waals surface area (Å²) in [5, 5.41) is 9.12. The molecule has 1 atom stereocenters. The van der Waals surface area contributed by atoms with E-state index in [1.807, 2.05) is 39.0 Å². The molecule has 0 aromatic heterocycles. The molecule has 0 bridgehead atoms. The summed E-state index contributed by atoms with van der Waals surface area (Å²) >= 11 is 0. The summed E-state index contributed by atoms with van der Waals surface area (Å²) in [6.07, 6.45) is 0.527. The van der Waals surface area contributed by atoms with Crippen molar-refractivity contribution in [3.63, 3.8) is 0 Å². The highest BCUT2D eigenvalue weighted by molar-refractivity contribution is 5.73. The highest BCUT2D eigenvalue weighted by Gasteiger charge is 2.20. The quantitative estimate of drug-likeness (QED) is 0.826. The van der Waals surface area contributed by atoms with E-state index in [0.29, 0.717) is 13.0 Å². The number of hydrogen-bond acceptors (Lipinski definition) is 2. The fourth-order valence-corrected chi connectivity index (χ4v) is 1.83. The Morgan fingerprint density at radius 2 is 1.94 bits per heavy atom. The van der Waals surface area contributed by atoms with Crippen LogP contribution in [0.1, 0.15) is 30.0 Å². The zero-order valence-corrected chi connectivity index (χ0v) is 10.7. The average molecular weight is 236 g/mol. The van der Waals surface area contributed by atoms with Crippen LogP contribution in [0.2, 0.25) is 0 Å². The Balaban J connectivity index is 2.82. The summed E-state index contributed by atoms with van der Waals surface area (Å²) in [5.74, 6) is -0.888. The normalized spacial score (nSPS) is 12.4. The number of hydrogen-bond donors (Lipinski definition) is 1. The first-order chi connectivity index (χ1) is 8.06. The topological polar surface area (TPSA) is 46.5 Å². The number of carboxylic acids is 1. The fraction of sp³-hybridized carbons (Fsp3) is 0.500. The number of rotatable bonds is 6.